The van der Waals surface area contributed by atoms with Gasteiger partial charge < -0.3 is 4.90 Å². The summed E-state index contributed by atoms with van der Waals surface area (Å²) in [6.07, 6.45) is -8.18. The maximum Gasteiger partial charge on any atom is 0.416 e. The van der Waals surface area contributed by atoms with E-state index in [2.05, 4.69) is 6.58 Å². The summed E-state index contributed by atoms with van der Waals surface area (Å²) in [7, 11) is 1.27. The molecule has 0 aliphatic rings. The van der Waals surface area contributed by atoms with Gasteiger partial charge in [0.2, 0.25) is 0 Å². The Morgan fingerprint density at radius 3 is 1.93 bits per heavy atom. The van der Waals surface area contributed by atoms with Crippen LogP contribution >= 0.6 is 0 Å². The Morgan fingerprint density at radius 2 is 1.50 bits per heavy atom. The topological polar surface area (TPSA) is 20.3 Å². The van der Waals surface area contributed by atoms with Gasteiger partial charge in [-0.05, 0) is 42.3 Å². The van der Waals surface area contributed by atoms with E-state index in [1.807, 2.05) is 0 Å². The highest BCUT2D eigenvalue weighted by Crippen LogP contribution is 2.36. The Bertz CT molecular complexity index is 869. The second kappa shape index (κ2) is 8.89. The van der Waals surface area contributed by atoms with Crippen LogP contribution in [0.3, 0.4) is 0 Å². The number of carbonyl (C=O) groups is 1. The van der Waals surface area contributed by atoms with E-state index in [0.717, 1.165) is 4.90 Å². The summed E-state index contributed by atoms with van der Waals surface area (Å²) in [4.78, 5) is 13.7. The second-order valence-corrected chi connectivity index (χ2v) is 6.75. The van der Waals surface area contributed by atoms with E-state index in [1.54, 1.807) is 6.08 Å². The van der Waals surface area contributed by atoms with Gasteiger partial charge in [-0.15, -0.1) is 6.58 Å². The number of allylic oxidation sites excluding steroid dienone is 1. The lowest BCUT2D eigenvalue weighted by Gasteiger charge is -2.25. The first-order valence-corrected chi connectivity index (χ1v) is 8.74. The van der Waals surface area contributed by atoms with Gasteiger partial charge in [0.05, 0.1) is 11.1 Å². The van der Waals surface area contributed by atoms with Crippen molar-refractivity contribution in [3.05, 3.63) is 83.2 Å². The van der Waals surface area contributed by atoms with Gasteiger partial charge in [-0.1, -0.05) is 18.2 Å². The van der Waals surface area contributed by atoms with E-state index in [-0.39, 0.29) is 18.5 Å². The van der Waals surface area contributed by atoms with Crippen molar-refractivity contribution in [2.45, 2.75) is 24.7 Å². The maximum absolute atomic E-state index is 13.1. The minimum absolute atomic E-state index is 0.0198. The number of hydrogen-bond donors (Lipinski definition) is 0. The van der Waals surface area contributed by atoms with Gasteiger partial charge in [0.15, 0.2) is 0 Å². The summed E-state index contributed by atoms with van der Waals surface area (Å²) >= 11 is 0. The summed E-state index contributed by atoms with van der Waals surface area (Å²) in [5.41, 5.74) is -3.20. The Balaban J connectivity index is 2.35. The highest BCUT2D eigenvalue weighted by Gasteiger charge is 2.37. The minimum Gasteiger partial charge on any atom is -0.341 e. The minimum atomic E-state index is -5.05. The largest absolute Gasteiger partial charge is 0.416 e. The summed E-state index contributed by atoms with van der Waals surface area (Å²) in [5.74, 6) is -1.84. The Kier molecular flexibility index (Phi) is 6.95. The number of alkyl halides is 6. The van der Waals surface area contributed by atoms with Crippen LogP contribution in [0.5, 0.6) is 0 Å². The van der Waals surface area contributed by atoms with Crippen LogP contribution in [0.1, 0.15) is 39.4 Å². The molecule has 0 bridgehead atoms. The Morgan fingerprint density at radius 1 is 1.00 bits per heavy atom. The number of carbonyl (C=O) groups excluding carboxylic acids is 1. The zero-order chi connectivity index (χ0) is 22.7. The molecule has 0 aliphatic carbocycles. The fraction of sp³-hybridized carbons (Fsp3) is 0.286. The average Bonchev–Trinajstić information content (AvgIpc) is 2.66. The molecule has 0 N–H and O–H groups in total. The number of nitrogens with zero attached hydrogens (tertiary/aromatic N) is 1. The van der Waals surface area contributed by atoms with Crippen molar-refractivity contribution in [2.24, 2.45) is 0 Å². The Labute approximate surface area is 168 Å². The molecule has 0 spiro atoms. The summed E-state index contributed by atoms with van der Waals surface area (Å²) in [6, 6.07) is 6.19. The van der Waals surface area contributed by atoms with Crippen LogP contribution in [0.15, 0.2) is 55.1 Å². The van der Waals surface area contributed by atoms with E-state index in [0.29, 0.717) is 24.1 Å². The molecule has 2 aromatic rings. The smallest absolute Gasteiger partial charge is 0.341 e. The maximum atomic E-state index is 13.1. The van der Waals surface area contributed by atoms with E-state index >= 15 is 0 Å². The molecule has 0 saturated carbocycles. The van der Waals surface area contributed by atoms with Gasteiger partial charge in [-0.25, -0.2) is 4.39 Å². The molecule has 0 fully saturated rings. The molecule has 2 aromatic carbocycles. The molecule has 0 radical (unpaired) electrons. The van der Waals surface area contributed by atoms with Crippen molar-refractivity contribution >= 4 is 5.91 Å². The quantitative estimate of drug-likeness (QED) is 0.387. The van der Waals surface area contributed by atoms with E-state index in [4.69, 9.17) is 0 Å². The molecule has 1 atom stereocenters. The predicted molar refractivity (Wildman–Crippen MR) is 97.4 cm³/mol. The fourth-order valence-electron chi connectivity index (χ4n) is 2.96. The van der Waals surface area contributed by atoms with Gasteiger partial charge in [0.1, 0.15) is 5.82 Å². The number of likely N-dealkylation sites (N-methyl/N-ethyl adjacent to an activating group) is 1. The SMILES string of the molecule is C=CC[C@H](CN(C)C(=O)c1cc(C(F)(F)F)cc(C(F)(F)F)c1)c1ccc(F)cc1. The number of benzene rings is 2. The Hall–Kier alpha value is -2.84. The third-order valence-corrected chi connectivity index (χ3v) is 4.47. The van der Waals surface area contributed by atoms with E-state index in [1.165, 1.54) is 31.3 Å². The molecule has 9 heteroatoms. The van der Waals surface area contributed by atoms with Crippen molar-refractivity contribution < 1.29 is 35.5 Å². The van der Waals surface area contributed by atoms with Gasteiger partial charge in [0, 0.05) is 25.1 Å². The van der Waals surface area contributed by atoms with Crippen molar-refractivity contribution in [3.8, 4) is 0 Å². The monoisotopic (exact) mass is 433 g/mol. The molecule has 2 rings (SSSR count). The van der Waals surface area contributed by atoms with Crippen molar-refractivity contribution in [3.63, 3.8) is 0 Å². The predicted octanol–water partition coefficient (Wildman–Crippen LogP) is 6.30. The molecule has 162 valence electrons. The highest BCUT2D eigenvalue weighted by molar-refractivity contribution is 5.94. The molecular weight excluding hydrogens is 415 g/mol. The third kappa shape index (κ3) is 5.84. The summed E-state index contributed by atoms with van der Waals surface area (Å²) in [5, 5.41) is 0. The van der Waals surface area contributed by atoms with Crippen LogP contribution < -0.4 is 0 Å². The lowest BCUT2D eigenvalue weighted by Crippen LogP contribution is -2.31. The van der Waals surface area contributed by atoms with Crippen molar-refractivity contribution in [1.82, 2.24) is 4.90 Å². The van der Waals surface area contributed by atoms with Crippen molar-refractivity contribution in [2.75, 3.05) is 13.6 Å². The van der Waals surface area contributed by atoms with Gasteiger partial charge in [0.25, 0.3) is 5.91 Å². The average molecular weight is 433 g/mol. The van der Waals surface area contributed by atoms with Crippen molar-refractivity contribution in [1.29, 1.82) is 0 Å². The first kappa shape index (κ1) is 23.4. The molecular formula is C21H18F7NO. The number of rotatable bonds is 6. The number of halogens is 7. The molecule has 0 heterocycles. The first-order chi connectivity index (χ1) is 13.8. The van der Waals surface area contributed by atoms with Crippen LogP contribution in [-0.2, 0) is 12.4 Å². The second-order valence-electron chi connectivity index (χ2n) is 6.75. The summed E-state index contributed by atoms with van der Waals surface area (Å²) in [6.45, 7) is 3.58. The normalized spacial score (nSPS) is 13.1. The van der Waals surface area contributed by atoms with Crippen LogP contribution in [0.2, 0.25) is 0 Å². The van der Waals surface area contributed by atoms with E-state index < -0.39 is 40.8 Å². The molecule has 0 aromatic heterocycles. The highest BCUT2D eigenvalue weighted by atomic mass is 19.4. The van der Waals surface area contributed by atoms with Gasteiger partial charge in [-0.2, -0.15) is 26.3 Å². The van der Waals surface area contributed by atoms with Crippen LogP contribution in [0.25, 0.3) is 0 Å². The van der Waals surface area contributed by atoms with Gasteiger partial charge in [-0.3, -0.25) is 4.79 Å². The molecule has 0 saturated heterocycles. The number of hydrogen-bond acceptors (Lipinski definition) is 1. The summed E-state index contributed by atoms with van der Waals surface area (Å²) < 4.78 is 91.3. The van der Waals surface area contributed by atoms with E-state index in [9.17, 15) is 35.5 Å². The zero-order valence-corrected chi connectivity index (χ0v) is 15.8. The standard InChI is InChI=1S/C21H18F7NO/c1-3-4-14(13-5-7-18(22)8-6-13)12-29(2)19(30)15-9-16(20(23,24)25)11-17(10-15)21(26,27)28/h3,5-11,14H,1,4,12H2,2H3/t14-/m1/s1. The molecule has 30 heavy (non-hydrogen) atoms. The van der Waals surface area contributed by atoms with Crippen LogP contribution in [-0.4, -0.2) is 24.4 Å². The lowest BCUT2D eigenvalue weighted by atomic mass is 9.94. The third-order valence-electron chi connectivity index (χ3n) is 4.47. The number of amides is 1. The first-order valence-electron chi connectivity index (χ1n) is 8.74. The molecule has 1 amide bonds. The molecule has 2 nitrogen and oxygen atoms in total. The van der Waals surface area contributed by atoms with Crippen LogP contribution in [0.4, 0.5) is 30.7 Å². The van der Waals surface area contributed by atoms with Crippen LogP contribution in [0, 0.1) is 5.82 Å². The molecule has 0 unspecified atom stereocenters. The lowest BCUT2D eigenvalue weighted by molar-refractivity contribution is -0.143. The van der Waals surface area contributed by atoms with Gasteiger partial charge >= 0.3 is 12.4 Å². The zero-order valence-electron chi connectivity index (χ0n) is 15.8. The fourth-order valence-corrected chi connectivity index (χ4v) is 2.96. The molecule has 0 aliphatic heterocycles.